The smallest absolute Gasteiger partial charge is 0.251 e. The Bertz CT molecular complexity index is 406. The Labute approximate surface area is 92.0 Å². The number of hydrogen-bond donors (Lipinski definition) is 2. The van der Waals surface area contributed by atoms with Gasteiger partial charge in [0.15, 0.2) is 0 Å². The summed E-state index contributed by atoms with van der Waals surface area (Å²) in [5.74, 6) is 4.95. The zero-order valence-corrected chi connectivity index (χ0v) is 8.42. The predicted molar refractivity (Wildman–Crippen MR) is 57.6 cm³/mol. The van der Waals surface area contributed by atoms with Gasteiger partial charge in [-0.2, -0.15) is 0 Å². The first-order chi connectivity index (χ1) is 7.69. The van der Waals surface area contributed by atoms with Crippen molar-refractivity contribution < 1.29 is 14.4 Å². The van der Waals surface area contributed by atoms with E-state index in [0.29, 0.717) is 23.9 Å². The maximum absolute atomic E-state index is 11.4. The molecule has 0 radical (unpaired) electrons. The van der Waals surface area contributed by atoms with Crippen molar-refractivity contribution in [3.05, 3.63) is 29.8 Å². The number of nitrogens with one attached hydrogen (secondary N) is 1. The molecular weight excluding hydrogens is 210 g/mol. The minimum absolute atomic E-state index is 0.0525. The fourth-order valence-electron chi connectivity index (χ4n) is 1.11. The van der Waals surface area contributed by atoms with Crippen LogP contribution in [0.3, 0.4) is 0 Å². The molecule has 0 aromatic heterocycles. The lowest BCUT2D eigenvalue weighted by atomic mass is 10.2. The summed E-state index contributed by atoms with van der Waals surface area (Å²) in [5.41, 5.74) is 0.727. The topological polar surface area (TPSA) is 92.5 Å². The number of nitrogens with zero attached hydrogens (tertiary/aromatic N) is 1. The Hall–Kier alpha value is -2.21. The van der Waals surface area contributed by atoms with E-state index in [4.69, 9.17) is 5.84 Å². The number of hydrogen-bond acceptors (Lipinski definition) is 4. The van der Waals surface area contributed by atoms with Gasteiger partial charge in [0.1, 0.15) is 6.29 Å². The molecule has 0 aliphatic heterocycles. The molecule has 0 unspecified atom stereocenters. The van der Waals surface area contributed by atoms with E-state index in [9.17, 15) is 14.4 Å². The number of rotatable bonds is 5. The molecule has 0 spiro atoms. The first-order valence-corrected chi connectivity index (χ1v) is 4.50. The van der Waals surface area contributed by atoms with E-state index in [1.165, 1.54) is 6.07 Å². The van der Waals surface area contributed by atoms with E-state index in [0.717, 1.165) is 5.01 Å². The van der Waals surface area contributed by atoms with Crippen molar-refractivity contribution in [2.24, 2.45) is 5.84 Å². The second kappa shape index (κ2) is 5.62. The van der Waals surface area contributed by atoms with E-state index < -0.39 is 5.91 Å². The average molecular weight is 221 g/mol. The molecule has 1 aromatic rings. The number of aldehydes is 1. The summed E-state index contributed by atoms with van der Waals surface area (Å²) in [4.78, 5) is 31.9. The van der Waals surface area contributed by atoms with Crippen LogP contribution in [-0.2, 0) is 9.59 Å². The summed E-state index contributed by atoms with van der Waals surface area (Å²) in [5, 5.41) is 3.24. The zero-order valence-electron chi connectivity index (χ0n) is 8.42. The van der Waals surface area contributed by atoms with Crippen LogP contribution in [-0.4, -0.2) is 25.1 Å². The summed E-state index contributed by atoms with van der Waals surface area (Å²) >= 11 is 0. The zero-order chi connectivity index (χ0) is 12.0. The van der Waals surface area contributed by atoms with Crippen LogP contribution in [0.15, 0.2) is 24.3 Å². The second-order valence-corrected chi connectivity index (χ2v) is 2.94. The number of amides is 2. The molecule has 0 heterocycles. The normalized spacial score (nSPS) is 9.31. The molecule has 1 aromatic carbocycles. The van der Waals surface area contributed by atoms with Crippen molar-refractivity contribution in [1.82, 2.24) is 5.32 Å². The van der Waals surface area contributed by atoms with E-state index >= 15 is 0 Å². The molecule has 2 amide bonds. The summed E-state index contributed by atoms with van der Waals surface area (Å²) in [6, 6.07) is 6.19. The highest BCUT2D eigenvalue weighted by molar-refractivity contribution is 5.96. The summed E-state index contributed by atoms with van der Waals surface area (Å²) in [6.07, 6.45) is 1.02. The monoisotopic (exact) mass is 221 g/mol. The van der Waals surface area contributed by atoms with Gasteiger partial charge in [0.05, 0.1) is 12.2 Å². The lowest BCUT2D eigenvalue weighted by molar-refractivity contribution is -0.108. The van der Waals surface area contributed by atoms with E-state index in [2.05, 4.69) is 5.32 Å². The number of nitrogens with two attached hydrogens (primary N) is 1. The minimum atomic E-state index is -0.395. The highest BCUT2D eigenvalue weighted by Gasteiger charge is 2.07. The Kier molecular flexibility index (Phi) is 4.16. The molecular formula is C10H11N3O3. The molecule has 0 aliphatic rings. The van der Waals surface area contributed by atoms with Crippen molar-refractivity contribution >= 4 is 24.3 Å². The van der Waals surface area contributed by atoms with E-state index in [1.807, 2.05) is 0 Å². The Balaban J connectivity index is 2.85. The number of benzene rings is 1. The fourth-order valence-corrected chi connectivity index (χ4v) is 1.11. The number of carbonyl (C=O) groups is 3. The molecule has 16 heavy (non-hydrogen) atoms. The predicted octanol–water partition coefficient (Wildman–Crippen LogP) is -0.548. The van der Waals surface area contributed by atoms with Crippen LogP contribution in [0.5, 0.6) is 0 Å². The lowest BCUT2D eigenvalue weighted by Gasteiger charge is -2.11. The second-order valence-electron chi connectivity index (χ2n) is 2.94. The van der Waals surface area contributed by atoms with Crippen LogP contribution in [0.2, 0.25) is 0 Å². The van der Waals surface area contributed by atoms with Gasteiger partial charge in [-0.3, -0.25) is 14.6 Å². The first-order valence-electron chi connectivity index (χ1n) is 4.50. The number of carbonyl (C=O) groups excluding carboxylic acids is 3. The van der Waals surface area contributed by atoms with E-state index in [-0.39, 0.29) is 6.54 Å². The lowest BCUT2D eigenvalue weighted by Crippen LogP contribution is -2.29. The fraction of sp³-hybridized carbons (Fsp3) is 0.100. The van der Waals surface area contributed by atoms with Crippen molar-refractivity contribution in [3.63, 3.8) is 0 Å². The molecule has 0 saturated carbocycles. The van der Waals surface area contributed by atoms with Crippen LogP contribution in [0.1, 0.15) is 10.4 Å². The van der Waals surface area contributed by atoms with Gasteiger partial charge in [0.2, 0.25) is 6.41 Å². The van der Waals surface area contributed by atoms with Gasteiger partial charge in [0, 0.05) is 5.56 Å². The van der Waals surface area contributed by atoms with Crippen molar-refractivity contribution in [2.45, 2.75) is 0 Å². The highest BCUT2D eigenvalue weighted by Crippen LogP contribution is 2.12. The molecule has 0 fully saturated rings. The molecule has 0 atom stereocenters. The molecule has 6 nitrogen and oxygen atoms in total. The third-order valence-electron chi connectivity index (χ3n) is 1.87. The van der Waals surface area contributed by atoms with Crippen LogP contribution >= 0.6 is 0 Å². The van der Waals surface area contributed by atoms with Gasteiger partial charge in [-0.25, -0.2) is 5.84 Å². The highest BCUT2D eigenvalue weighted by atomic mass is 16.2. The number of anilines is 1. The SMILES string of the molecule is NN(C=O)c1cccc(C(=O)NCC=O)c1. The van der Waals surface area contributed by atoms with Gasteiger partial charge in [-0.05, 0) is 18.2 Å². The quantitative estimate of drug-likeness (QED) is 0.302. The maximum Gasteiger partial charge on any atom is 0.251 e. The van der Waals surface area contributed by atoms with Gasteiger partial charge < -0.3 is 10.1 Å². The van der Waals surface area contributed by atoms with Crippen LogP contribution < -0.4 is 16.2 Å². The molecule has 0 aliphatic carbocycles. The van der Waals surface area contributed by atoms with Gasteiger partial charge in [-0.1, -0.05) is 6.07 Å². The van der Waals surface area contributed by atoms with Gasteiger partial charge >= 0.3 is 0 Å². The summed E-state index contributed by atoms with van der Waals surface area (Å²) < 4.78 is 0. The number of hydrazine groups is 1. The summed E-state index contributed by atoms with van der Waals surface area (Å²) in [7, 11) is 0. The molecule has 3 N–H and O–H groups in total. The van der Waals surface area contributed by atoms with Gasteiger partial charge in [0.25, 0.3) is 5.91 Å². The molecule has 84 valence electrons. The van der Waals surface area contributed by atoms with Gasteiger partial charge in [-0.15, -0.1) is 0 Å². The third-order valence-corrected chi connectivity index (χ3v) is 1.87. The molecule has 0 bridgehead atoms. The maximum atomic E-state index is 11.4. The summed E-state index contributed by atoms with van der Waals surface area (Å²) in [6.45, 7) is -0.0525. The van der Waals surface area contributed by atoms with E-state index in [1.54, 1.807) is 18.2 Å². The Morgan fingerprint density at radius 1 is 1.44 bits per heavy atom. The average Bonchev–Trinajstić information content (AvgIpc) is 2.35. The van der Waals surface area contributed by atoms with Crippen molar-refractivity contribution in [1.29, 1.82) is 0 Å². The van der Waals surface area contributed by atoms with Crippen molar-refractivity contribution in [2.75, 3.05) is 11.6 Å². The minimum Gasteiger partial charge on any atom is -0.345 e. The Morgan fingerprint density at radius 3 is 2.81 bits per heavy atom. The molecule has 6 heteroatoms. The standard InChI is InChI=1S/C10H11N3O3/c11-13(7-15)9-3-1-2-8(6-9)10(16)12-4-5-14/h1-3,5-7H,4,11H2,(H,12,16). The van der Waals surface area contributed by atoms with Crippen molar-refractivity contribution in [3.8, 4) is 0 Å². The largest absolute Gasteiger partial charge is 0.345 e. The van der Waals surface area contributed by atoms with Crippen LogP contribution in [0.25, 0.3) is 0 Å². The Morgan fingerprint density at radius 2 is 2.19 bits per heavy atom. The van der Waals surface area contributed by atoms with Crippen LogP contribution in [0.4, 0.5) is 5.69 Å². The van der Waals surface area contributed by atoms with Crippen LogP contribution in [0, 0.1) is 0 Å². The first kappa shape index (κ1) is 11.9. The molecule has 0 saturated heterocycles. The third kappa shape index (κ3) is 2.89. The molecule has 1 rings (SSSR count).